The van der Waals surface area contributed by atoms with Gasteiger partial charge in [0.2, 0.25) is 5.91 Å². The van der Waals surface area contributed by atoms with Gasteiger partial charge in [-0.15, -0.1) is 0 Å². The second kappa shape index (κ2) is 9.97. The zero-order chi connectivity index (χ0) is 23.3. The Morgan fingerprint density at radius 3 is 2.62 bits per heavy atom. The van der Waals surface area contributed by atoms with Crippen molar-refractivity contribution in [2.75, 3.05) is 25.0 Å². The number of aromatic amines is 1. The van der Waals surface area contributed by atoms with Gasteiger partial charge in [-0.3, -0.25) is 14.5 Å². The normalized spacial score (nSPS) is 14.8. The molecule has 0 unspecified atom stereocenters. The molecule has 34 heavy (non-hydrogen) atoms. The van der Waals surface area contributed by atoms with E-state index in [1.807, 2.05) is 12.1 Å². The van der Waals surface area contributed by atoms with Crippen LogP contribution in [0.2, 0.25) is 0 Å². The number of fused-ring (bicyclic) bond motifs is 1. The maximum atomic E-state index is 12.8. The van der Waals surface area contributed by atoms with Crippen LogP contribution in [-0.2, 0) is 11.3 Å². The van der Waals surface area contributed by atoms with Crippen LogP contribution in [0.5, 0.6) is 0 Å². The molecule has 1 aliphatic rings. The highest BCUT2D eigenvalue weighted by Crippen LogP contribution is 2.33. The van der Waals surface area contributed by atoms with Crippen molar-refractivity contribution in [3.8, 4) is 0 Å². The molecule has 7 nitrogen and oxygen atoms in total. The van der Waals surface area contributed by atoms with Gasteiger partial charge in [-0.1, -0.05) is 30.3 Å². The van der Waals surface area contributed by atoms with Crippen molar-refractivity contribution in [2.45, 2.75) is 25.3 Å². The summed E-state index contributed by atoms with van der Waals surface area (Å²) in [7, 11) is 0. The summed E-state index contributed by atoms with van der Waals surface area (Å²) < 4.78 is 5.26. The Hall–Kier alpha value is -3.84. The Labute approximate surface area is 198 Å². The number of H-pyrrole nitrogens is 1. The quantitative estimate of drug-likeness (QED) is 0.382. The maximum Gasteiger partial charge on any atom is 0.253 e. The largest absolute Gasteiger partial charge is 0.467 e. The molecule has 0 radical (unpaired) electrons. The Balaban J connectivity index is 1.15. The minimum atomic E-state index is -0.258. The third-order valence-electron chi connectivity index (χ3n) is 6.46. The van der Waals surface area contributed by atoms with Crippen molar-refractivity contribution in [1.29, 1.82) is 0 Å². The number of para-hydroxylation sites is 2. The van der Waals surface area contributed by atoms with Gasteiger partial charge in [0.05, 0.1) is 30.6 Å². The average molecular weight is 457 g/mol. The summed E-state index contributed by atoms with van der Waals surface area (Å²) >= 11 is 0. The molecule has 174 valence electrons. The molecule has 1 saturated heterocycles. The van der Waals surface area contributed by atoms with E-state index in [4.69, 9.17) is 4.42 Å². The molecular weight excluding hydrogens is 428 g/mol. The molecule has 3 heterocycles. The number of carbonyl (C=O) groups excluding carboxylic acids is 2. The van der Waals surface area contributed by atoms with Crippen molar-refractivity contribution in [3.63, 3.8) is 0 Å². The number of hydrogen-bond donors (Lipinski definition) is 3. The van der Waals surface area contributed by atoms with E-state index in [9.17, 15) is 9.59 Å². The summed E-state index contributed by atoms with van der Waals surface area (Å²) in [5, 5.41) is 7.05. The lowest BCUT2D eigenvalue weighted by molar-refractivity contribution is -0.117. The maximum absolute atomic E-state index is 12.8. The molecule has 2 aromatic heterocycles. The Morgan fingerprint density at radius 2 is 1.79 bits per heavy atom. The van der Waals surface area contributed by atoms with Crippen molar-refractivity contribution >= 4 is 28.4 Å². The van der Waals surface area contributed by atoms with Gasteiger partial charge >= 0.3 is 0 Å². The van der Waals surface area contributed by atoms with Gasteiger partial charge in [0.15, 0.2) is 0 Å². The van der Waals surface area contributed by atoms with Gasteiger partial charge in [0, 0.05) is 17.1 Å². The molecule has 0 aliphatic carbocycles. The fourth-order valence-corrected chi connectivity index (χ4v) is 4.69. The zero-order valence-electron chi connectivity index (χ0n) is 18.9. The average Bonchev–Trinajstić information content (AvgIpc) is 3.53. The molecule has 4 aromatic rings. The molecule has 0 bridgehead atoms. The number of rotatable bonds is 7. The molecule has 2 aromatic carbocycles. The number of amides is 2. The number of nitrogens with one attached hydrogen (secondary N) is 3. The molecule has 1 fully saturated rings. The molecule has 1 aliphatic heterocycles. The number of benzene rings is 2. The molecule has 3 N–H and O–H groups in total. The first-order chi connectivity index (χ1) is 16.7. The molecular formula is C27H28N4O3. The summed E-state index contributed by atoms with van der Waals surface area (Å²) in [6.45, 7) is 2.33. The first-order valence-corrected chi connectivity index (χ1v) is 11.6. The van der Waals surface area contributed by atoms with E-state index < -0.39 is 0 Å². The van der Waals surface area contributed by atoms with Crippen LogP contribution in [0, 0.1) is 0 Å². The van der Waals surface area contributed by atoms with Gasteiger partial charge in [0.1, 0.15) is 5.76 Å². The SMILES string of the molecule is O=C(CN1CCC(c2c[nH]c3ccccc23)CC1)Nc1ccccc1C(=O)NCc1ccco1. The van der Waals surface area contributed by atoms with Gasteiger partial charge in [-0.05, 0) is 67.7 Å². The Kier molecular flexibility index (Phi) is 6.44. The number of likely N-dealkylation sites (tertiary alicyclic amines) is 1. The van der Waals surface area contributed by atoms with Crippen molar-refractivity contribution in [2.24, 2.45) is 0 Å². The molecule has 7 heteroatoms. The lowest BCUT2D eigenvalue weighted by atomic mass is 9.89. The minimum Gasteiger partial charge on any atom is -0.467 e. The van der Waals surface area contributed by atoms with Crippen LogP contribution in [0.25, 0.3) is 10.9 Å². The Morgan fingerprint density at radius 1 is 1.00 bits per heavy atom. The van der Waals surface area contributed by atoms with Gasteiger partial charge in [-0.25, -0.2) is 0 Å². The number of hydrogen-bond acceptors (Lipinski definition) is 4. The fourth-order valence-electron chi connectivity index (χ4n) is 4.69. The van der Waals surface area contributed by atoms with E-state index in [-0.39, 0.29) is 11.8 Å². The summed E-state index contributed by atoms with van der Waals surface area (Å²) in [4.78, 5) is 31.0. The number of carbonyl (C=O) groups is 2. The summed E-state index contributed by atoms with van der Waals surface area (Å²) in [5.41, 5.74) is 3.49. The van der Waals surface area contributed by atoms with E-state index in [2.05, 4.69) is 44.9 Å². The van der Waals surface area contributed by atoms with Crippen molar-refractivity contribution < 1.29 is 14.0 Å². The fraction of sp³-hybridized carbons (Fsp3) is 0.259. The predicted molar refractivity (Wildman–Crippen MR) is 132 cm³/mol. The van der Waals surface area contributed by atoms with Crippen LogP contribution < -0.4 is 10.6 Å². The molecule has 2 amide bonds. The van der Waals surface area contributed by atoms with Crippen LogP contribution in [-0.4, -0.2) is 41.3 Å². The topological polar surface area (TPSA) is 90.4 Å². The van der Waals surface area contributed by atoms with Gasteiger partial charge in [0.25, 0.3) is 5.91 Å². The predicted octanol–water partition coefficient (Wildman–Crippen LogP) is 4.51. The summed E-state index contributed by atoms with van der Waals surface area (Å²) in [6, 6.07) is 19.0. The van der Waals surface area contributed by atoms with Crippen LogP contribution >= 0.6 is 0 Å². The number of aromatic nitrogens is 1. The van der Waals surface area contributed by atoms with E-state index in [0.29, 0.717) is 36.0 Å². The van der Waals surface area contributed by atoms with E-state index >= 15 is 0 Å². The van der Waals surface area contributed by atoms with Crippen molar-refractivity contribution in [3.05, 3.63) is 90.0 Å². The minimum absolute atomic E-state index is 0.114. The monoisotopic (exact) mass is 456 g/mol. The zero-order valence-corrected chi connectivity index (χ0v) is 18.9. The smallest absolute Gasteiger partial charge is 0.253 e. The van der Waals surface area contributed by atoms with Gasteiger partial charge in [-0.2, -0.15) is 0 Å². The lowest BCUT2D eigenvalue weighted by Gasteiger charge is -2.31. The van der Waals surface area contributed by atoms with Crippen LogP contribution in [0.15, 0.2) is 77.5 Å². The third-order valence-corrected chi connectivity index (χ3v) is 6.46. The highest BCUT2D eigenvalue weighted by molar-refractivity contribution is 6.04. The van der Waals surface area contributed by atoms with Gasteiger partial charge < -0.3 is 20.0 Å². The number of piperidine rings is 1. The summed E-state index contributed by atoms with van der Waals surface area (Å²) in [5.74, 6) is 0.795. The number of anilines is 1. The van der Waals surface area contributed by atoms with Crippen LogP contribution in [0.3, 0.4) is 0 Å². The third kappa shape index (κ3) is 4.89. The number of furan rings is 1. The second-order valence-corrected chi connectivity index (χ2v) is 8.70. The molecule has 0 spiro atoms. The first kappa shape index (κ1) is 22.0. The highest BCUT2D eigenvalue weighted by atomic mass is 16.3. The standard InChI is InChI=1S/C27H28N4O3/c32-26(30-25-10-4-2-8-22(25)27(33)29-16-20-6-5-15-34-20)18-31-13-11-19(12-14-31)23-17-28-24-9-3-1-7-21(23)24/h1-10,15,17,19,28H,11-14,16,18H2,(H,29,33)(H,30,32). The highest BCUT2D eigenvalue weighted by Gasteiger charge is 2.24. The Bertz CT molecular complexity index is 1270. The van der Waals surface area contributed by atoms with E-state index in [1.54, 1.807) is 36.6 Å². The second-order valence-electron chi connectivity index (χ2n) is 8.70. The van der Waals surface area contributed by atoms with Crippen LogP contribution in [0.1, 0.15) is 40.4 Å². The van der Waals surface area contributed by atoms with E-state index in [0.717, 1.165) is 25.9 Å². The first-order valence-electron chi connectivity index (χ1n) is 11.6. The van der Waals surface area contributed by atoms with Crippen molar-refractivity contribution in [1.82, 2.24) is 15.2 Å². The number of nitrogens with zero attached hydrogens (tertiary/aromatic N) is 1. The molecule has 0 atom stereocenters. The van der Waals surface area contributed by atoms with E-state index in [1.165, 1.54) is 16.5 Å². The molecule has 0 saturated carbocycles. The molecule has 5 rings (SSSR count). The lowest BCUT2D eigenvalue weighted by Crippen LogP contribution is -2.39. The van der Waals surface area contributed by atoms with Crippen LogP contribution in [0.4, 0.5) is 5.69 Å². The summed E-state index contributed by atoms with van der Waals surface area (Å²) in [6.07, 6.45) is 5.73.